The van der Waals surface area contributed by atoms with Crippen molar-refractivity contribution < 1.29 is 19.1 Å². The Balaban J connectivity index is 2.84. The molecule has 0 aliphatic carbocycles. The van der Waals surface area contributed by atoms with E-state index in [1.807, 2.05) is 0 Å². The second-order valence-corrected chi connectivity index (χ2v) is 7.08. The standard InChI is InChI=1S/C7H3Br2Cl3O4/c8-3(9)6(14)16-7-1(4(11)12)2(10)5(13)15-7/h3-4,7H. The predicted molar refractivity (Wildman–Crippen MR) is 66.0 cm³/mol. The van der Waals surface area contributed by atoms with E-state index in [2.05, 4.69) is 36.6 Å². The molecule has 0 saturated heterocycles. The normalized spacial score (nSPS) is 20.7. The summed E-state index contributed by atoms with van der Waals surface area (Å²) in [4.78, 5) is 21.2. The number of cyclic esters (lactones) is 1. The molecule has 0 radical (unpaired) electrons. The SMILES string of the molecule is O=C1OC(OC(=O)C(Br)Br)C(C(Cl)Cl)=C1Cl. The number of hydrogen-bond donors (Lipinski definition) is 0. The Kier molecular flexibility index (Phi) is 5.38. The van der Waals surface area contributed by atoms with Crippen molar-refractivity contribution in [1.29, 1.82) is 0 Å². The first-order valence-electron chi connectivity index (χ1n) is 3.72. The maximum Gasteiger partial charge on any atom is 0.353 e. The van der Waals surface area contributed by atoms with Gasteiger partial charge >= 0.3 is 11.9 Å². The molecule has 1 rings (SSSR count). The Hall–Kier alpha value is 0.510. The lowest BCUT2D eigenvalue weighted by atomic mass is 10.3. The summed E-state index contributed by atoms with van der Waals surface area (Å²) in [5, 5.41) is -0.270. The van der Waals surface area contributed by atoms with E-state index in [1.165, 1.54) is 0 Å². The largest absolute Gasteiger partial charge is 0.419 e. The number of hydrogen-bond acceptors (Lipinski definition) is 4. The Morgan fingerprint density at radius 2 is 2.00 bits per heavy atom. The second kappa shape index (κ2) is 5.91. The fourth-order valence-electron chi connectivity index (χ4n) is 0.877. The van der Waals surface area contributed by atoms with Crippen LogP contribution >= 0.6 is 66.7 Å². The van der Waals surface area contributed by atoms with Gasteiger partial charge in [-0.25, -0.2) is 9.59 Å². The van der Waals surface area contributed by atoms with Gasteiger partial charge in [-0.05, 0) is 0 Å². The second-order valence-electron chi connectivity index (χ2n) is 2.54. The monoisotopic (exact) mass is 414 g/mol. The molecule has 1 unspecified atom stereocenters. The van der Waals surface area contributed by atoms with Gasteiger partial charge < -0.3 is 9.47 Å². The quantitative estimate of drug-likeness (QED) is 0.524. The lowest BCUT2D eigenvalue weighted by Gasteiger charge is -2.15. The summed E-state index contributed by atoms with van der Waals surface area (Å²) in [5.74, 6) is -1.53. The molecule has 1 atom stereocenters. The van der Waals surface area contributed by atoms with Gasteiger partial charge in [0, 0.05) is 0 Å². The van der Waals surface area contributed by atoms with E-state index in [1.54, 1.807) is 0 Å². The fourth-order valence-corrected chi connectivity index (χ4v) is 1.87. The van der Waals surface area contributed by atoms with Crippen molar-refractivity contribution in [1.82, 2.24) is 0 Å². The molecule has 0 spiro atoms. The Morgan fingerprint density at radius 3 is 2.44 bits per heavy atom. The zero-order chi connectivity index (χ0) is 12.5. The average molecular weight is 417 g/mol. The third-order valence-electron chi connectivity index (χ3n) is 1.54. The van der Waals surface area contributed by atoms with Crippen LogP contribution in [0.4, 0.5) is 0 Å². The van der Waals surface area contributed by atoms with Crippen LogP contribution in [0.3, 0.4) is 0 Å². The van der Waals surface area contributed by atoms with Crippen LogP contribution in [0.1, 0.15) is 0 Å². The van der Waals surface area contributed by atoms with Crippen LogP contribution in [0, 0.1) is 0 Å². The molecular weight excluding hydrogens is 414 g/mol. The highest BCUT2D eigenvalue weighted by molar-refractivity contribution is 9.25. The van der Waals surface area contributed by atoms with E-state index in [-0.39, 0.29) is 10.6 Å². The van der Waals surface area contributed by atoms with E-state index in [9.17, 15) is 9.59 Å². The summed E-state index contributed by atoms with van der Waals surface area (Å²) < 4.78 is 8.74. The maximum atomic E-state index is 11.2. The first-order chi connectivity index (χ1) is 7.34. The van der Waals surface area contributed by atoms with Gasteiger partial charge in [0.15, 0.2) is 3.74 Å². The Bertz CT molecular complexity index is 356. The number of ether oxygens (including phenoxy) is 2. The van der Waals surface area contributed by atoms with Crippen molar-refractivity contribution in [3.05, 3.63) is 10.6 Å². The number of esters is 2. The molecular formula is C7H3Br2Cl3O4. The van der Waals surface area contributed by atoms with Gasteiger partial charge in [-0.15, -0.1) is 23.2 Å². The van der Waals surface area contributed by atoms with Crippen molar-refractivity contribution in [3.63, 3.8) is 0 Å². The van der Waals surface area contributed by atoms with Crippen molar-refractivity contribution >= 4 is 78.6 Å². The summed E-state index contributed by atoms with van der Waals surface area (Å²) in [5.41, 5.74) is 0.0176. The number of carbonyl (C=O) groups is 2. The highest BCUT2D eigenvalue weighted by atomic mass is 79.9. The molecule has 16 heavy (non-hydrogen) atoms. The zero-order valence-corrected chi connectivity index (χ0v) is 12.7. The molecule has 1 aliphatic heterocycles. The van der Waals surface area contributed by atoms with Crippen molar-refractivity contribution in [2.75, 3.05) is 0 Å². The molecule has 0 N–H and O–H groups in total. The minimum atomic E-state index is -1.29. The van der Waals surface area contributed by atoms with Crippen molar-refractivity contribution in [2.24, 2.45) is 0 Å². The molecule has 0 aromatic heterocycles. The molecule has 0 aromatic carbocycles. The molecule has 0 bridgehead atoms. The molecule has 0 saturated carbocycles. The highest BCUT2D eigenvalue weighted by Gasteiger charge is 2.39. The van der Waals surface area contributed by atoms with Crippen LogP contribution in [0.25, 0.3) is 0 Å². The van der Waals surface area contributed by atoms with Gasteiger partial charge in [-0.2, -0.15) is 0 Å². The van der Waals surface area contributed by atoms with E-state index in [4.69, 9.17) is 39.5 Å². The van der Waals surface area contributed by atoms with Gasteiger partial charge in [-0.1, -0.05) is 43.5 Å². The van der Waals surface area contributed by atoms with E-state index in [0.29, 0.717) is 0 Å². The Labute approximate surface area is 122 Å². The van der Waals surface area contributed by atoms with Crippen LogP contribution in [-0.4, -0.2) is 26.8 Å². The molecule has 1 heterocycles. The predicted octanol–water partition coefficient (Wildman–Crippen LogP) is 2.83. The maximum absolute atomic E-state index is 11.2. The topological polar surface area (TPSA) is 52.6 Å². The van der Waals surface area contributed by atoms with E-state index >= 15 is 0 Å². The summed E-state index contributed by atoms with van der Waals surface area (Å²) in [7, 11) is 0. The third kappa shape index (κ3) is 3.26. The van der Waals surface area contributed by atoms with E-state index in [0.717, 1.165) is 0 Å². The molecule has 1 aliphatic rings. The van der Waals surface area contributed by atoms with Gasteiger partial charge in [0.25, 0.3) is 6.29 Å². The molecule has 4 nitrogen and oxygen atoms in total. The highest BCUT2D eigenvalue weighted by Crippen LogP contribution is 2.33. The zero-order valence-electron chi connectivity index (χ0n) is 7.25. The summed E-state index contributed by atoms with van der Waals surface area (Å²) in [6, 6.07) is 0. The fraction of sp³-hybridized carbons (Fsp3) is 0.429. The summed E-state index contributed by atoms with van der Waals surface area (Å²) in [6.07, 6.45) is -1.29. The van der Waals surface area contributed by atoms with Crippen LogP contribution in [0.5, 0.6) is 0 Å². The van der Waals surface area contributed by atoms with Gasteiger partial charge in [0.05, 0.1) is 5.57 Å². The third-order valence-corrected chi connectivity index (χ3v) is 3.13. The smallest absolute Gasteiger partial charge is 0.353 e. The lowest BCUT2D eigenvalue weighted by molar-refractivity contribution is -0.172. The van der Waals surface area contributed by atoms with Gasteiger partial charge in [0.2, 0.25) is 0 Å². The molecule has 0 amide bonds. The first kappa shape index (κ1) is 14.6. The van der Waals surface area contributed by atoms with Crippen molar-refractivity contribution in [2.45, 2.75) is 14.9 Å². The summed E-state index contributed by atoms with van der Waals surface area (Å²) in [6.45, 7) is 0. The average Bonchev–Trinajstić information content (AvgIpc) is 2.42. The van der Waals surface area contributed by atoms with Gasteiger partial charge in [-0.3, -0.25) is 0 Å². The van der Waals surface area contributed by atoms with Crippen LogP contribution < -0.4 is 0 Å². The minimum Gasteiger partial charge on any atom is -0.419 e. The number of carbonyl (C=O) groups excluding carboxylic acids is 2. The Morgan fingerprint density at radius 1 is 1.44 bits per heavy atom. The van der Waals surface area contributed by atoms with Crippen LogP contribution in [-0.2, 0) is 19.1 Å². The number of alkyl halides is 4. The minimum absolute atomic E-state index is 0.0176. The van der Waals surface area contributed by atoms with E-state index < -0.39 is 26.8 Å². The molecule has 0 fully saturated rings. The number of halogens is 5. The van der Waals surface area contributed by atoms with Crippen molar-refractivity contribution in [3.8, 4) is 0 Å². The first-order valence-corrected chi connectivity index (χ1v) is 6.80. The molecule has 9 heteroatoms. The molecule has 0 aromatic rings. The van der Waals surface area contributed by atoms with Gasteiger partial charge in [0.1, 0.15) is 9.87 Å². The summed E-state index contributed by atoms with van der Waals surface area (Å²) >= 11 is 22.6. The molecule has 90 valence electrons. The van der Waals surface area contributed by atoms with Crippen LogP contribution in [0.2, 0.25) is 0 Å². The number of rotatable bonds is 3. The lowest BCUT2D eigenvalue weighted by Crippen LogP contribution is -2.25. The van der Waals surface area contributed by atoms with Crippen LogP contribution in [0.15, 0.2) is 10.6 Å².